The topological polar surface area (TPSA) is 37.4 Å². The summed E-state index contributed by atoms with van der Waals surface area (Å²) >= 11 is 0. The SMILES string of the molecule is CC#CCCN(C)S(C)(=O)=O. The second kappa shape index (κ2) is 4.37. The zero-order valence-electron chi connectivity index (χ0n) is 7.09. The molecule has 4 heteroatoms. The van der Waals surface area contributed by atoms with Crippen molar-refractivity contribution in [3.63, 3.8) is 0 Å². The average molecular weight is 175 g/mol. The lowest BCUT2D eigenvalue weighted by atomic mass is 10.4. The lowest BCUT2D eigenvalue weighted by Crippen LogP contribution is -2.26. The minimum Gasteiger partial charge on any atom is -0.213 e. The Morgan fingerprint density at radius 3 is 2.36 bits per heavy atom. The van der Waals surface area contributed by atoms with Crippen molar-refractivity contribution in [2.45, 2.75) is 13.3 Å². The summed E-state index contributed by atoms with van der Waals surface area (Å²) in [4.78, 5) is 0. The molecule has 0 radical (unpaired) electrons. The van der Waals surface area contributed by atoms with Crippen molar-refractivity contribution >= 4 is 10.0 Å². The van der Waals surface area contributed by atoms with Gasteiger partial charge in [-0.2, -0.15) is 0 Å². The molecule has 0 heterocycles. The summed E-state index contributed by atoms with van der Waals surface area (Å²) < 4.78 is 22.9. The molecule has 0 aliphatic heterocycles. The molecule has 64 valence electrons. The minimum atomic E-state index is -3.02. The van der Waals surface area contributed by atoms with Gasteiger partial charge in [0.2, 0.25) is 10.0 Å². The standard InChI is InChI=1S/C7H13NO2S/c1-4-5-6-7-8(2)11(3,9)10/h6-7H2,1-3H3. The van der Waals surface area contributed by atoms with Crippen LogP contribution < -0.4 is 0 Å². The first-order chi connectivity index (χ1) is 4.98. The van der Waals surface area contributed by atoms with Crippen LogP contribution in [0.15, 0.2) is 0 Å². The van der Waals surface area contributed by atoms with Gasteiger partial charge in [-0.15, -0.1) is 11.8 Å². The molecular formula is C7H13NO2S. The smallest absolute Gasteiger partial charge is 0.210 e. The molecule has 3 nitrogen and oxygen atoms in total. The Bertz CT molecular complexity index is 258. The van der Waals surface area contributed by atoms with Crippen molar-refractivity contribution in [2.75, 3.05) is 19.8 Å². The zero-order valence-corrected chi connectivity index (χ0v) is 7.90. The Kier molecular flexibility index (Phi) is 4.16. The maximum atomic E-state index is 10.8. The quantitative estimate of drug-likeness (QED) is 0.578. The predicted octanol–water partition coefficient (Wildman–Crippen LogP) is 0.291. The zero-order chi connectivity index (χ0) is 8.91. The van der Waals surface area contributed by atoms with E-state index in [2.05, 4.69) is 11.8 Å². The van der Waals surface area contributed by atoms with E-state index in [-0.39, 0.29) is 0 Å². The van der Waals surface area contributed by atoms with Crippen LogP contribution in [0.4, 0.5) is 0 Å². The molecular weight excluding hydrogens is 162 g/mol. The molecule has 0 N–H and O–H groups in total. The summed E-state index contributed by atoms with van der Waals surface area (Å²) in [6.07, 6.45) is 1.78. The highest BCUT2D eigenvalue weighted by Gasteiger charge is 2.08. The summed E-state index contributed by atoms with van der Waals surface area (Å²) in [6, 6.07) is 0. The van der Waals surface area contributed by atoms with Gasteiger partial charge in [0.05, 0.1) is 6.26 Å². The van der Waals surface area contributed by atoms with Crippen molar-refractivity contribution in [2.24, 2.45) is 0 Å². The highest BCUT2D eigenvalue weighted by atomic mass is 32.2. The molecule has 0 aromatic carbocycles. The van der Waals surface area contributed by atoms with Crippen LogP contribution in [0.25, 0.3) is 0 Å². The summed E-state index contributed by atoms with van der Waals surface area (Å²) in [6.45, 7) is 2.21. The van der Waals surface area contributed by atoms with E-state index in [4.69, 9.17) is 0 Å². The summed E-state index contributed by atoms with van der Waals surface area (Å²) in [7, 11) is -1.47. The Balaban J connectivity index is 3.87. The lowest BCUT2D eigenvalue weighted by Gasteiger charge is -2.10. The van der Waals surface area contributed by atoms with Gasteiger partial charge < -0.3 is 0 Å². The molecule has 0 aliphatic rings. The molecule has 0 spiro atoms. The van der Waals surface area contributed by atoms with Crippen LogP contribution in [0.5, 0.6) is 0 Å². The Morgan fingerprint density at radius 2 is 2.00 bits per heavy atom. The van der Waals surface area contributed by atoms with E-state index >= 15 is 0 Å². The van der Waals surface area contributed by atoms with Gasteiger partial charge >= 0.3 is 0 Å². The molecule has 0 aromatic heterocycles. The Labute approximate surface area is 68.4 Å². The van der Waals surface area contributed by atoms with Crippen LogP contribution in [-0.4, -0.2) is 32.6 Å². The highest BCUT2D eigenvalue weighted by molar-refractivity contribution is 7.88. The molecule has 0 bridgehead atoms. The monoisotopic (exact) mass is 175 g/mol. The highest BCUT2D eigenvalue weighted by Crippen LogP contribution is 1.93. The second-order valence-electron chi connectivity index (χ2n) is 2.26. The van der Waals surface area contributed by atoms with Gasteiger partial charge in [0, 0.05) is 20.0 Å². The van der Waals surface area contributed by atoms with E-state index in [0.29, 0.717) is 13.0 Å². The number of rotatable bonds is 3. The largest absolute Gasteiger partial charge is 0.213 e. The number of sulfonamides is 1. The van der Waals surface area contributed by atoms with Crippen LogP contribution in [0.3, 0.4) is 0 Å². The third-order valence-corrected chi connectivity index (χ3v) is 2.61. The van der Waals surface area contributed by atoms with Crippen LogP contribution in [0, 0.1) is 11.8 Å². The molecule has 11 heavy (non-hydrogen) atoms. The van der Waals surface area contributed by atoms with Gasteiger partial charge in [0.25, 0.3) is 0 Å². The van der Waals surface area contributed by atoms with Gasteiger partial charge in [-0.05, 0) is 6.92 Å². The number of hydrogen-bond acceptors (Lipinski definition) is 2. The first-order valence-corrected chi connectivity index (χ1v) is 5.14. The van der Waals surface area contributed by atoms with Gasteiger partial charge in [0.15, 0.2) is 0 Å². The van der Waals surface area contributed by atoms with Gasteiger partial charge in [-0.25, -0.2) is 12.7 Å². The molecule has 0 aromatic rings. The molecule has 0 rings (SSSR count). The Morgan fingerprint density at radius 1 is 1.45 bits per heavy atom. The predicted molar refractivity (Wildman–Crippen MR) is 45.5 cm³/mol. The van der Waals surface area contributed by atoms with Crippen molar-refractivity contribution in [1.29, 1.82) is 0 Å². The van der Waals surface area contributed by atoms with Crippen LogP contribution in [0.1, 0.15) is 13.3 Å². The van der Waals surface area contributed by atoms with E-state index in [1.165, 1.54) is 10.6 Å². The van der Waals surface area contributed by atoms with Gasteiger partial charge in [-0.3, -0.25) is 0 Å². The van der Waals surface area contributed by atoms with Crippen LogP contribution in [-0.2, 0) is 10.0 Å². The molecule has 0 aliphatic carbocycles. The summed E-state index contributed by atoms with van der Waals surface area (Å²) in [5.41, 5.74) is 0. The normalized spacial score (nSPS) is 10.9. The third kappa shape index (κ3) is 4.82. The van der Waals surface area contributed by atoms with E-state index in [9.17, 15) is 8.42 Å². The fourth-order valence-corrected chi connectivity index (χ4v) is 0.927. The first kappa shape index (κ1) is 10.5. The lowest BCUT2D eigenvalue weighted by molar-refractivity contribution is 0.482. The van der Waals surface area contributed by atoms with Crippen LogP contribution >= 0.6 is 0 Å². The maximum Gasteiger partial charge on any atom is 0.210 e. The molecule has 0 fully saturated rings. The van der Waals surface area contributed by atoms with Crippen LogP contribution in [0.2, 0.25) is 0 Å². The molecule has 0 saturated carbocycles. The summed E-state index contributed by atoms with van der Waals surface area (Å²) in [5.74, 6) is 5.50. The first-order valence-electron chi connectivity index (χ1n) is 3.29. The van der Waals surface area contributed by atoms with Gasteiger partial charge in [0.1, 0.15) is 0 Å². The molecule has 0 unspecified atom stereocenters. The van der Waals surface area contributed by atoms with E-state index < -0.39 is 10.0 Å². The van der Waals surface area contributed by atoms with Crippen molar-refractivity contribution < 1.29 is 8.42 Å². The third-order valence-electron chi connectivity index (χ3n) is 1.29. The number of hydrogen-bond donors (Lipinski definition) is 0. The van der Waals surface area contributed by atoms with E-state index in [1.807, 2.05) is 0 Å². The Hall–Kier alpha value is -0.530. The molecule has 0 saturated heterocycles. The fourth-order valence-electron chi connectivity index (χ4n) is 0.504. The van der Waals surface area contributed by atoms with E-state index in [0.717, 1.165) is 0 Å². The number of nitrogens with zero attached hydrogens (tertiary/aromatic N) is 1. The van der Waals surface area contributed by atoms with Gasteiger partial charge in [-0.1, -0.05) is 0 Å². The molecule has 0 amide bonds. The fraction of sp³-hybridized carbons (Fsp3) is 0.714. The second-order valence-corrected chi connectivity index (χ2v) is 4.35. The van der Waals surface area contributed by atoms with E-state index in [1.54, 1.807) is 14.0 Å². The molecule has 0 atom stereocenters. The van der Waals surface area contributed by atoms with Crippen molar-refractivity contribution in [3.8, 4) is 11.8 Å². The van der Waals surface area contributed by atoms with Crippen molar-refractivity contribution in [3.05, 3.63) is 0 Å². The maximum absolute atomic E-state index is 10.8. The summed E-state index contributed by atoms with van der Waals surface area (Å²) in [5, 5.41) is 0. The van der Waals surface area contributed by atoms with Crippen molar-refractivity contribution in [1.82, 2.24) is 4.31 Å². The average Bonchev–Trinajstić information content (AvgIpc) is 1.86. The minimum absolute atomic E-state index is 0.472.